The lowest BCUT2D eigenvalue weighted by molar-refractivity contribution is 0.172. The summed E-state index contributed by atoms with van der Waals surface area (Å²) in [4.78, 5) is 13.4. The molecule has 3 nitrogen and oxygen atoms in total. The first-order chi connectivity index (χ1) is 7.90. The molecule has 90 valence electrons. The van der Waals surface area contributed by atoms with Crippen molar-refractivity contribution < 1.29 is 9.53 Å². The third kappa shape index (κ3) is 3.01. The fraction of sp³-hybridized carbons (Fsp3) is 0.357. The summed E-state index contributed by atoms with van der Waals surface area (Å²) in [5.41, 5.74) is 1.10. The number of carbonyl (C=O) groups excluding carboxylic acids is 1. The van der Waals surface area contributed by atoms with Crippen LogP contribution < -0.4 is 4.90 Å². The standard InChI is InChI=1S/C14H17NO2/c1-6-11-8-7-9-12(10-11)15(13(16)17-5)14(2,3)4/h1,7-10H,2-5H3. The Kier molecular flexibility index (Phi) is 3.80. The molecule has 1 aromatic carbocycles. The maximum atomic E-state index is 11.8. The van der Waals surface area contributed by atoms with Gasteiger partial charge in [0.2, 0.25) is 0 Å². The molecular formula is C14H17NO2. The highest BCUT2D eigenvalue weighted by Gasteiger charge is 2.28. The van der Waals surface area contributed by atoms with Crippen molar-refractivity contribution in [3.05, 3.63) is 29.8 Å². The lowest BCUT2D eigenvalue weighted by atomic mass is 10.0. The molecule has 0 aliphatic heterocycles. The molecule has 0 saturated heterocycles. The van der Waals surface area contributed by atoms with E-state index in [0.717, 1.165) is 11.3 Å². The highest BCUT2D eigenvalue weighted by molar-refractivity contribution is 5.89. The minimum atomic E-state index is -0.397. The van der Waals surface area contributed by atoms with Crippen LogP contribution in [0, 0.1) is 12.3 Å². The van der Waals surface area contributed by atoms with Crippen LogP contribution in [0.15, 0.2) is 24.3 Å². The maximum absolute atomic E-state index is 11.8. The van der Waals surface area contributed by atoms with Crippen LogP contribution in [0.2, 0.25) is 0 Å². The summed E-state index contributed by atoms with van der Waals surface area (Å²) in [5, 5.41) is 0. The van der Waals surface area contributed by atoms with Gasteiger partial charge >= 0.3 is 6.09 Å². The number of anilines is 1. The van der Waals surface area contributed by atoms with E-state index in [1.807, 2.05) is 39.0 Å². The van der Waals surface area contributed by atoms with Crippen molar-refractivity contribution in [3.8, 4) is 12.3 Å². The predicted octanol–water partition coefficient (Wildman–Crippen LogP) is 3.04. The topological polar surface area (TPSA) is 29.5 Å². The molecule has 0 aliphatic rings. The second-order valence-corrected chi connectivity index (χ2v) is 4.67. The van der Waals surface area contributed by atoms with Crippen LogP contribution in [0.3, 0.4) is 0 Å². The highest BCUT2D eigenvalue weighted by Crippen LogP contribution is 2.25. The van der Waals surface area contributed by atoms with Crippen molar-refractivity contribution in [2.45, 2.75) is 26.3 Å². The zero-order valence-electron chi connectivity index (χ0n) is 10.7. The third-order valence-electron chi connectivity index (χ3n) is 2.30. The predicted molar refractivity (Wildman–Crippen MR) is 69.0 cm³/mol. The molecule has 17 heavy (non-hydrogen) atoms. The number of amides is 1. The summed E-state index contributed by atoms with van der Waals surface area (Å²) in [6.07, 6.45) is 4.96. The fourth-order valence-corrected chi connectivity index (χ4v) is 1.59. The van der Waals surface area contributed by atoms with E-state index >= 15 is 0 Å². The molecule has 0 aromatic heterocycles. The molecule has 0 fully saturated rings. The van der Waals surface area contributed by atoms with Crippen molar-refractivity contribution in [2.75, 3.05) is 12.0 Å². The molecule has 1 rings (SSSR count). The first kappa shape index (κ1) is 13.1. The maximum Gasteiger partial charge on any atom is 0.414 e. The summed E-state index contributed by atoms with van der Waals surface area (Å²) in [7, 11) is 1.37. The summed E-state index contributed by atoms with van der Waals surface area (Å²) >= 11 is 0. The van der Waals surface area contributed by atoms with E-state index in [4.69, 9.17) is 11.2 Å². The first-order valence-electron chi connectivity index (χ1n) is 5.35. The van der Waals surface area contributed by atoms with Gasteiger partial charge < -0.3 is 4.74 Å². The van der Waals surface area contributed by atoms with Crippen molar-refractivity contribution in [3.63, 3.8) is 0 Å². The smallest absolute Gasteiger partial charge is 0.414 e. The number of terminal acetylenes is 1. The molecule has 0 heterocycles. The van der Waals surface area contributed by atoms with Gasteiger partial charge in [-0.05, 0) is 39.0 Å². The molecule has 0 atom stereocenters. The second-order valence-electron chi connectivity index (χ2n) is 4.67. The van der Waals surface area contributed by atoms with E-state index in [2.05, 4.69) is 5.92 Å². The number of methoxy groups -OCH3 is 1. The molecule has 0 spiro atoms. The number of hydrogen-bond donors (Lipinski definition) is 0. The third-order valence-corrected chi connectivity index (χ3v) is 2.30. The van der Waals surface area contributed by atoms with Crippen LogP contribution in [0.1, 0.15) is 26.3 Å². The Hall–Kier alpha value is -1.95. The van der Waals surface area contributed by atoms with E-state index in [-0.39, 0.29) is 5.54 Å². The van der Waals surface area contributed by atoms with Crippen molar-refractivity contribution in [1.82, 2.24) is 0 Å². The number of ether oxygens (including phenoxy) is 1. The molecule has 0 bridgehead atoms. The van der Waals surface area contributed by atoms with Gasteiger partial charge in [0, 0.05) is 16.8 Å². The molecule has 0 aliphatic carbocycles. The van der Waals surface area contributed by atoms with Gasteiger partial charge in [-0.1, -0.05) is 12.0 Å². The Morgan fingerprint density at radius 1 is 1.41 bits per heavy atom. The molecule has 0 saturated carbocycles. The van der Waals surface area contributed by atoms with Crippen molar-refractivity contribution >= 4 is 11.8 Å². The van der Waals surface area contributed by atoms with Crippen LogP contribution in [0.4, 0.5) is 10.5 Å². The minimum Gasteiger partial charge on any atom is -0.452 e. The van der Waals surface area contributed by atoms with Crippen LogP contribution in [0.5, 0.6) is 0 Å². The molecular weight excluding hydrogens is 214 g/mol. The average Bonchev–Trinajstić information content (AvgIpc) is 2.27. The minimum absolute atomic E-state index is 0.375. The van der Waals surface area contributed by atoms with Crippen LogP contribution in [-0.2, 0) is 4.74 Å². The average molecular weight is 231 g/mol. The van der Waals surface area contributed by atoms with Crippen LogP contribution in [0.25, 0.3) is 0 Å². The van der Waals surface area contributed by atoms with Gasteiger partial charge in [-0.25, -0.2) is 4.79 Å². The molecule has 1 aromatic rings. The normalized spacial score (nSPS) is 10.5. The van der Waals surface area contributed by atoms with Crippen LogP contribution in [-0.4, -0.2) is 18.7 Å². The Balaban J connectivity index is 3.23. The Bertz CT molecular complexity index is 452. The molecule has 0 N–H and O–H groups in total. The number of rotatable bonds is 1. The van der Waals surface area contributed by atoms with E-state index in [9.17, 15) is 4.79 Å². The van der Waals surface area contributed by atoms with E-state index in [0.29, 0.717) is 0 Å². The highest BCUT2D eigenvalue weighted by atomic mass is 16.5. The van der Waals surface area contributed by atoms with Gasteiger partial charge in [0.15, 0.2) is 0 Å². The number of benzene rings is 1. The van der Waals surface area contributed by atoms with Gasteiger partial charge in [-0.3, -0.25) is 4.90 Å². The van der Waals surface area contributed by atoms with Gasteiger partial charge in [0.1, 0.15) is 0 Å². The van der Waals surface area contributed by atoms with Crippen LogP contribution >= 0.6 is 0 Å². The molecule has 0 radical (unpaired) electrons. The summed E-state index contributed by atoms with van der Waals surface area (Å²) in [5.74, 6) is 2.55. The van der Waals surface area contributed by atoms with Gasteiger partial charge in [-0.15, -0.1) is 6.42 Å². The van der Waals surface area contributed by atoms with E-state index in [1.165, 1.54) is 7.11 Å². The van der Waals surface area contributed by atoms with Gasteiger partial charge in [0.25, 0.3) is 0 Å². The molecule has 0 unspecified atom stereocenters. The Labute approximate surface area is 102 Å². The van der Waals surface area contributed by atoms with E-state index < -0.39 is 6.09 Å². The Morgan fingerprint density at radius 3 is 2.53 bits per heavy atom. The summed E-state index contributed by atoms with van der Waals surface area (Å²) in [6, 6.07) is 7.28. The van der Waals surface area contributed by atoms with E-state index in [1.54, 1.807) is 11.0 Å². The quantitative estimate of drug-likeness (QED) is 0.695. The molecule has 1 amide bonds. The fourth-order valence-electron chi connectivity index (χ4n) is 1.59. The zero-order chi connectivity index (χ0) is 13.1. The Morgan fingerprint density at radius 2 is 2.06 bits per heavy atom. The van der Waals surface area contributed by atoms with Crippen molar-refractivity contribution in [1.29, 1.82) is 0 Å². The molecule has 3 heteroatoms. The monoisotopic (exact) mass is 231 g/mol. The lowest BCUT2D eigenvalue weighted by Gasteiger charge is -2.34. The largest absolute Gasteiger partial charge is 0.452 e. The SMILES string of the molecule is C#Cc1cccc(N(C(=O)OC)C(C)(C)C)c1. The summed E-state index contributed by atoms with van der Waals surface area (Å²) in [6.45, 7) is 5.81. The number of carbonyl (C=O) groups is 1. The number of hydrogen-bond acceptors (Lipinski definition) is 2. The van der Waals surface area contributed by atoms with Gasteiger partial charge in [0.05, 0.1) is 7.11 Å². The van der Waals surface area contributed by atoms with Crippen molar-refractivity contribution in [2.24, 2.45) is 0 Å². The summed E-state index contributed by atoms with van der Waals surface area (Å²) < 4.78 is 4.80. The second kappa shape index (κ2) is 4.92. The first-order valence-corrected chi connectivity index (χ1v) is 5.35. The zero-order valence-corrected chi connectivity index (χ0v) is 10.7. The lowest BCUT2D eigenvalue weighted by Crippen LogP contribution is -2.45. The van der Waals surface area contributed by atoms with Gasteiger partial charge in [-0.2, -0.15) is 0 Å². The number of nitrogens with zero attached hydrogens (tertiary/aromatic N) is 1.